The lowest BCUT2D eigenvalue weighted by Crippen LogP contribution is -2.21. The lowest BCUT2D eigenvalue weighted by Gasteiger charge is -2.36. The van der Waals surface area contributed by atoms with Crippen molar-refractivity contribution in [1.82, 2.24) is 4.98 Å². The summed E-state index contributed by atoms with van der Waals surface area (Å²) < 4.78 is 5.23. The second-order valence-corrected chi connectivity index (χ2v) is 7.17. The number of H-pyrrole nitrogens is 1. The lowest BCUT2D eigenvalue weighted by atomic mass is 9.67. The third-order valence-electron chi connectivity index (χ3n) is 5.78. The summed E-state index contributed by atoms with van der Waals surface area (Å²) in [7, 11) is 0. The van der Waals surface area contributed by atoms with Gasteiger partial charge in [0.05, 0.1) is 6.61 Å². The zero-order valence-corrected chi connectivity index (χ0v) is 14.8. The molecule has 3 aromatic rings. The van der Waals surface area contributed by atoms with Gasteiger partial charge >= 0.3 is 5.97 Å². The van der Waals surface area contributed by atoms with Gasteiger partial charge in [-0.3, -0.25) is 0 Å². The van der Waals surface area contributed by atoms with Gasteiger partial charge < -0.3 is 9.72 Å². The summed E-state index contributed by atoms with van der Waals surface area (Å²) >= 11 is 0. The molecule has 3 heteroatoms. The van der Waals surface area contributed by atoms with Gasteiger partial charge in [0.25, 0.3) is 0 Å². The predicted octanol–water partition coefficient (Wildman–Crippen LogP) is 5.40. The number of aromatic amines is 1. The number of esters is 1. The minimum Gasteiger partial charge on any atom is -0.461 e. The maximum absolute atomic E-state index is 12.3. The molecule has 130 valence electrons. The minimum absolute atomic E-state index is 0.234. The fourth-order valence-corrected chi connectivity index (χ4v) is 4.64. The van der Waals surface area contributed by atoms with E-state index < -0.39 is 0 Å². The second-order valence-electron chi connectivity index (χ2n) is 7.17. The molecule has 0 fully saturated rings. The van der Waals surface area contributed by atoms with Gasteiger partial charge in [0.15, 0.2) is 0 Å². The molecule has 2 unspecified atom stereocenters. The number of benzene rings is 2. The average Bonchev–Trinajstić information content (AvgIpc) is 3.15. The Morgan fingerprint density at radius 3 is 2.85 bits per heavy atom. The van der Waals surface area contributed by atoms with Crippen LogP contribution in [-0.2, 0) is 4.74 Å². The molecule has 1 N–H and O–H groups in total. The number of nitrogens with one attached hydrogen (secondary N) is 1. The van der Waals surface area contributed by atoms with E-state index >= 15 is 0 Å². The van der Waals surface area contributed by atoms with E-state index in [9.17, 15) is 4.79 Å². The van der Waals surface area contributed by atoms with E-state index in [1.165, 1.54) is 27.5 Å². The summed E-state index contributed by atoms with van der Waals surface area (Å²) in [5, 5.41) is 2.54. The molecule has 1 heterocycles. The highest BCUT2D eigenvalue weighted by Gasteiger charge is 2.38. The number of fused-ring (bicyclic) bond motifs is 2. The van der Waals surface area contributed by atoms with E-state index in [2.05, 4.69) is 53.5 Å². The molecule has 0 aliphatic heterocycles. The fraction of sp³-hybridized carbons (Fsp3) is 0.261. The van der Waals surface area contributed by atoms with Crippen LogP contribution in [-0.4, -0.2) is 17.6 Å². The van der Waals surface area contributed by atoms with Crippen LogP contribution >= 0.6 is 0 Å². The molecule has 0 saturated carbocycles. The average molecular weight is 343 g/mol. The number of allylic oxidation sites excluding steroid dienone is 2. The van der Waals surface area contributed by atoms with Crippen LogP contribution in [0.3, 0.4) is 0 Å². The van der Waals surface area contributed by atoms with Crippen LogP contribution in [0.5, 0.6) is 0 Å². The van der Waals surface area contributed by atoms with Crippen LogP contribution in [0.25, 0.3) is 16.3 Å². The number of carbonyl (C=O) groups is 1. The highest BCUT2D eigenvalue weighted by atomic mass is 16.5. The standard InChI is InChI=1S/C23H21NO2/c1-2-26-23(25)22-21-17-9-10-18(20(21)13-24-22)19(12-17)16-8-7-14-5-3-4-6-15(14)11-16/h3-8,11-13,17-18,24H,2,9-10H2,1H3. The summed E-state index contributed by atoms with van der Waals surface area (Å²) in [6, 6.07) is 15.2. The van der Waals surface area contributed by atoms with Crippen molar-refractivity contribution in [2.24, 2.45) is 0 Å². The molecule has 2 aromatic carbocycles. The van der Waals surface area contributed by atoms with Gasteiger partial charge in [0, 0.05) is 18.0 Å². The Kier molecular flexibility index (Phi) is 3.49. The van der Waals surface area contributed by atoms with E-state index in [-0.39, 0.29) is 5.97 Å². The van der Waals surface area contributed by atoms with Crippen LogP contribution in [0.15, 0.2) is 54.7 Å². The number of hydrogen-bond donors (Lipinski definition) is 1. The van der Waals surface area contributed by atoms with Crippen LogP contribution in [0, 0.1) is 0 Å². The molecule has 3 aliphatic carbocycles. The molecule has 3 aliphatic rings. The third kappa shape index (κ3) is 2.23. The largest absolute Gasteiger partial charge is 0.461 e. The smallest absolute Gasteiger partial charge is 0.355 e. The summed E-state index contributed by atoms with van der Waals surface area (Å²) in [4.78, 5) is 15.5. The molecule has 26 heavy (non-hydrogen) atoms. The van der Waals surface area contributed by atoms with Crippen LogP contribution in [0.1, 0.15) is 58.8 Å². The molecular weight excluding hydrogens is 322 g/mol. The number of carbonyl (C=O) groups excluding carboxylic acids is 1. The minimum atomic E-state index is -0.234. The molecule has 1 aromatic heterocycles. The van der Waals surface area contributed by atoms with Crippen molar-refractivity contribution >= 4 is 22.3 Å². The van der Waals surface area contributed by atoms with E-state index in [1.54, 1.807) is 0 Å². The normalized spacial score (nSPS) is 20.7. The van der Waals surface area contributed by atoms with E-state index in [0.717, 1.165) is 18.4 Å². The topological polar surface area (TPSA) is 42.1 Å². The Morgan fingerprint density at radius 2 is 2.00 bits per heavy atom. The molecular formula is C23H21NO2. The summed E-state index contributed by atoms with van der Waals surface area (Å²) in [6.45, 7) is 2.25. The van der Waals surface area contributed by atoms with Crippen molar-refractivity contribution in [3.8, 4) is 0 Å². The van der Waals surface area contributed by atoms with Gasteiger partial charge in [-0.2, -0.15) is 0 Å². The van der Waals surface area contributed by atoms with Crippen molar-refractivity contribution < 1.29 is 9.53 Å². The summed E-state index contributed by atoms with van der Waals surface area (Å²) in [6.07, 6.45) is 6.62. The van der Waals surface area contributed by atoms with Gasteiger partial charge in [0.1, 0.15) is 5.69 Å². The van der Waals surface area contributed by atoms with E-state index in [4.69, 9.17) is 4.74 Å². The molecule has 0 spiro atoms. The first-order valence-electron chi connectivity index (χ1n) is 9.35. The zero-order chi connectivity index (χ0) is 17.7. The van der Waals surface area contributed by atoms with Gasteiger partial charge in [-0.25, -0.2) is 4.79 Å². The molecule has 2 bridgehead atoms. The molecule has 0 saturated heterocycles. The lowest BCUT2D eigenvalue weighted by molar-refractivity contribution is 0.0518. The van der Waals surface area contributed by atoms with Crippen LogP contribution < -0.4 is 0 Å². The van der Waals surface area contributed by atoms with Crippen molar-refractivity contribution in [2.45, 2.75) is 31.6 Å². The SMILES string of the molecule is CCOC(=O)c1[nH]cc2c1C1C=C(c3ccc4ccccc4c3)C2CC1. The van der Waals surface area contributed by atoms with Crippen molar-refractivity contribution in [3.63, 3.8) is 0 Å². The quantitative estimate of drug-likeness (QED) is 0.647. The predicted molar refractivity (Wildman–Crippen MR) is 103 cm³/mol. The molecule has 0 radical (unpaired) electrons. The first-order chi connectivity index (χ1) is 12.8. The monoisotopic (exact) mass is 343 g/mol. The van der Waals surface area contributed by atoms with Gasteiger partial charge in [-0.15, -0.1) is 0 Å². The van der Waals surface area contributed by atoms with E-state index in [1.807, 2.05) is 13.1 Å². The Morgan fingerprint density at radius 1 is 1.15 bits per heavy atom. The third-order valence-corrected chi connectivity index (χ3v) is 5.78. The van der Waals surface area contributed by atoms with Crippen molar-refractivity contribution in [1.29, 1.82) is 0 Å². The second kappa shape index (κ2) is 5.87. The summed E-state index contributed by atoms with van der Waals surface area (Å²) in [5.41, 5.74) is 5.77. The van der Waals surface area contributed by atoms with E-state index in [0.29, 0.717) is 24.1 Å². The molecule has 0 amide bonds. The van der Waals surface area contributed by atoms with Gasteiger partial charge in [-0.05, 0) is 58.9 Å². The fourth-order valence-electron chi connectivity index (χ4n) is 4.64. The highest BCUT2D eigenvalue weighted by Crippen LogP contribution is 2.53. The Labute approximate surface area is 152 Å². The Balaban J connectivity index is 1.58. The Hall–Kier alpha value is -2.81. The number of rotatable bonds is 3. The maximum atomic E-state index is 12.3. The van der Waals surface area contributed by atoms with Gasteiger partial charge in [0.2, 0.25) is 0 Å². The number of aromatic nitrogens is 1. The van der Waals surface area contributed by atoms with Gasteiger partial charge in [-0.1, -0.05) is 42.5 Å². The first-order valence-corrected chi connectivity index (χ1v) is 9.35. The summed E-state index contributed by atoms with van der Waals surface area (Å²) in [5.74, 6) is 0.416. The van der Waals surface area contributed by atoms with Crippen molar-refractivity contribution in [3.05, 3.63) is 77.1 Å². The number of ether oxygens (including phenoxy) is 1. The highest BCUT2D eigenvalue weighted by molar-refractivity contribution is 5.93. The van der Waals surface area contributed by atoms with Crippen LogP contribution in [0.4, 0.5) is 0 Å². The maximum Gasteiger partial charge on any atom is 0.355 e. The van der Waals surface area contributed by atoms with Crippen LogP contribution in [0.2, 0.25) is 0 Å². The molecule has 2 atom stereocenters. The first kappa shape index (κ1) is 15.4. The molecule has 3 nitrogen and oxygen atoms in total. The zero-order valence-electron chi connectivity index (χ0n) is 14.8. The Bertz CT molecular complexity index is 1040. The molecule has 6 rings (SSSR count). The van der Waals surface area contributed by atoms with Crippen molar-refractivity contribution in [2.75, 3.05) is 6.61 Å². The number of hydrogen-bond acceptors (Lipinski definition) is 2.